The van der Waals surface area contributed by atoms with E-state index in [0.717, 1.165) is 16.9 Å². The van der Waals surface area contributed by atoms with E-state index in [4.69, 9.17) is 9.84 Å². The maximum Gasteiger partial charge on any atom is 0.340 e. The molecule has 3 heterocycles. The number of hydrogen-bond acceptors (Lipinski definition) is 3. The van der Waals surface area contributed by atoms with Gasteiger partial charge in [0.05, 0.1) is 29.4 Å². The summed E-state index contributed by atoms with van der Waals surface area (Å²) in [5.74, 6) is -0.289. The fraction of sp³-hybridized carbons (Fsp3) is 0.368. The second kappa shape index (κ2) is 6.15. The van der Waals surface area contributed by atoms with E-state index in [9.17, 15) is 4.79 Å². The molecule has 0 unspecified atom stereocenters. The van der Waals surface area contributed by atoms with Crippen molar-refractivity contribution in [2.24, 2.45) is 0 Å². The summed E-state index contributed by atoms with van der Waals surface area (Å²) in [7, 11) is 0. The molecule has 1 aliphatic carbocycles. The van der Waals surface area contributed by atoms with Crippen molar-refractivity contribution < 1.29 is 9.53 Å². The number of carbonyl (C=O) groups is 1. The van der Waals surface area contributed by atoms with Crippen LogP contribution in [0.4, 0.5) is 0 Å². The summed E-state index contributed by atoms with van der Waals surface area (Å²) in [4.78, 5) is 12.3. The third kappa shape index (κ3) is 2.50. The summed E-state index contributed by atoms with van der Waals surface area (Å²) >= 11 is 0. The highest BCUT2D eigenvalue weighted by Crippen LogP contribution is 2.31. The molecule has 124 valence electrons. The molecule has 5 nitrogen and oxygen atoms in total. The fourth-order valence-electron chi connectivity index (χ4n) is 3.57. The van der Waals surface area contributed by atoms with Gasteiger partial charge in [-0.25, -0.2) is 4.79 Å². The summed E-state index contributed by atoms with van der Waals surface area (Å²) in [6.45, 7) is 2.19. The Morgan fingerprint density at radius 3 is 2.88 bits per heavy atom. The average molecular weight is 323 g/mol. The zero-order valence-corrected chi connectivity index (χ0v) is 13.8. The molecule has 0 N–H and O–H groups in total. The standard InChI is InChI=1S/C19H21N3O2/c1-2-24-19(23)15-13-18(21-11-6-5-9-17(15)21)16-10-12-22(20-16)14-7-3-4-8-14/h5-6,9-14H,2-4,7-8H2,1H3. The van der Waals surface area contributed by atoms with Crippen LogP contribution in [0.2, 0.25) is 0 Å². The molecule has 1 saturated carbocycles. The Hall–Kier alpha value is -2.56. The first kappa shape index (κ1) is 15.0. The molecule has 4 rings (SSSR count). The normalized spacial score (nSPS) is 15.2. The molecule has 3 aromatic rings. The van der Waals surface area contributed by atoms with Crippen LogP contribution >= 0.6 is 0 Å². The van der Waals surface area contributed by atoms with Crippen LogP contribution < -0.4 is 0 Å². The summed E-state index contributed by atoms with van der Waals surface area (Å²) in [6.07, 6.45) is 8.97. The second-order valence-corrected chi connectivity index (χ2v) is 6.24. The van der Waals surface area contributed by atoms with Crippen molar-refractivity contribution >= 4 is 11.5 Å². The molecular formula is C19H21N3O2. The van der Waals surface area contributed by atoms with Gasteiger partial charge in [0.15, 0.2) is 0 Å². The van der Waals surface area contributed by atoms with Crippen molar-refractivity contribution in [2.45, 2.75) is 38.6 Å². The quantitative estimate of drug-likeness (QED) is 0.679. The van der Waals surface area contributed by atoms with Gasteiger partial charge in [-0.2, -0.15) is 5.10 Å². The SMILES string of the molecule is CCOC(=O)c1cc(-c2ccn(C3CCCC3)n2)n2ccccc12. The Balaban J connectivity index is 1.78. The number of pyridine rings is 1. The van der Waals surface area contributed by atoms with Crippen molar-refractivity contribution in [2.75, 3.05) is 6.61 Å². The first-order valence-electron chi connectivity index (χ1n) is 8.60. The Morgan fingerprint density at radius 1 is 1.25 bits per heavy atom. The van der Waals surface area contributed by atoms with E-state index in [1.54, 1.807) is 0 Å². The molecule has 3 aromatic heterocycles. The van der Waals surface area contributed by atoms with Crippen LogP contribution in [0.1, 0.15) is 49.0 Å². The minimum Gasteiger partial charge on any atom is -0.462 e. The van der Waals surface area contributed by atoms with Gasteiger partial charge < -0.3 is 9.14 Å². The predicted octanol–water partition coefficient (Wildman–Crippen LogP) is 4.09. The van der Waals surface area contributed by atoms with Gasteiger partial charge in [-0.3, -0.25) is 4.68 Å². The molecule has 0 saturated heterocycles. The summed E-state index contributed by atoms with van der Waals surface area (Å²) in [5.41, 5.74) is 3.24. The number of fused-ring (bicyclic) bond motifs is 1. The van der Waals surface area contributed by atoms with Crippen molar-refractivity contribution in [1.29, 1.82) is 0 Å². The maximum atomic E-state index is 12.3. The predicted molar refractivity (Wildman–Crippen MR) is 92.1 cm³/mol. The Morgan fingerprint density at radius 2 is 2.08 bits per heavy atom. The van der Waals surface area contributed by atoms with Crippen LogP contribution in [0.15, 0.2) is 42.7 Å². The molecule has 1 fully saturated rings. The monoisotopic (exact) mass is 323 g/mol. The molecule has 1 aliphatic rings. The van der Waals surface area contributed by atoms with Crippen LogP contribution in [0.25, 0.3) is 16.9 Å². The highest BCUT2D eigenvalue weighted by Gasteiger charge is 2.21. The van der Waals surface area contributed by atoms with Crippen molar-refractivity contribution in [1.82, 2.24) is 14.2 Å². The first-order chi connectivity index (χ1) is 11.8. The molecule has 0 radical (unpaired) electrons. The van der Waals surface area contributed by atoms with Gasteiger partial charge in [-0.05, 0) is 44.0 Å². The lowest BCUT2D eigenvalue weighted by atomic mass is 10.2. The molecule has 0 bridgehead atoms. The average Bonchev–Trinajstić information content (AvgIpc) is 3.33. The van der Waals surface area contributed by atoms with Crippen LogP contribution in [-0.2, 0) is 4.74 Å². The van der Waals surface area contributed by atoms with Crippen LogP contribution in [0.5, 0.6) is 0 Å². The lowest BCUT2D eigenvalue weighted by Gasteiger charge is -2.08. The number of esters is 1. The number of aromatic nitrogens is 3. The molecule has 0 amide bonds. The molecule has 0 aliphatic heterocycles. The van der Waals surface area contributed by atoms with Crippen molar-refractivity contribution in [3.05, 3.63) is 48.3 Å². The van der Waals surface area contributed by atoms with E-state index in [-0.39, 0.29) is 5.97 Å². The number of carbonyl (C=O) groups excluding carboxylic acids is 1. The maximum absolute atomic E-state index is 12.3. The molecule has 5 heteroatoms. The second-order valence-electron chi connectivity index (χ2n) is 6.24. The summed E-state index contributed by atoms with van der Waals surface area (Å²) < 4.78 is 9.28. The molecule has 0 aromatic carbocycles. The van der Waals surface area contributed by atoms with Gasteiger partial charge in [0.25, 0.3) is 0 Å². The van der Waals surface area contributed by atoms with Crippen LogP contribution in [0, 0.1) is 0 Å². The molecule has 0 spiro atoms. The van der Waals surface area contributed by atoms with E-state index in [1.165, 1.54) is 25.7 Å². The van der Waals surface area contributed by atoms with Gasteiger partial charge in [-0.15, -0.1) is 0 Å². The largest absolute Gasteiger partial charge is 0.462 e. The number of rotatable bonds is 4. The van der Waals surface area contributed by atoms with E-state index < -0.39 is 0 Å². The Labute approximate surface area is 140 Å². The first-order valence-corrected chi connectivity index (χ1v) is 8.60. The van der Waals surface area contributed by atoms with Crippen molar-refractivity contribution in [3.63, 3.8) is 0 Å². The van der Waals surface area contributed by atoms with Crippen molar-refractivity contribution in [3.8, 4) is 11.4 Å². The van der Waals surface area contributed by atoms with E-state index >= 15 is 0 Å². The number of ether oxygens (including phenoxy) is 1. The number of nitrogens with zero attached hydrogens (tertiary/aromatic N) is 3. The highest BCUT2D eigenvalue weighted by molar-refractivity contribution is 5.99. The third-order valence-electron chi connectivity index (χ3n) is 4.74. The van der Waals surface area contributed by atoms with Crippen LogP contribution in [0.3, 0.4) is 0 Å². The zero-order chi connectivity index (χ0) is 16.5. The topological polar surface area (TPSA) is 48.5 Å². The van der Waals surface area contributed by atoms with Gasteiger partial charge in [0.2, 0.25) is 0 Å². The fourth-order valence-corrected chi connectivity index (χ4v) is 3.57. The Kier molecular flexibility index (Phi) is 3.84. The summed E-state index contributed by atoms with van der Waals surface area (Å²) in [6, 6.07) is 10.2. The zero-order valence-electron chi connectivity index (χ0n) is 13.8. The highest BCUT2D eigenvalue weighted by atomic mass is 16.5. The van der Waals surface area contributed by atoms with Gasteiger partial charge in [-0.1, -0.05) is 18.9 Å². The van der Waals surface area contributed by atoms with Gasteiger partial charge in [0, 0.05) is 12.4 Å². The van der Waals surface area contributed by atoms with Crippen LogP contribution in [-0.4, -0.2) is 26.8 Å². The Bertz CT molecular complexity index is 872. The minimum atomic E-state index is -0.289. The smallest absolute Gasteiger partial charge is 0.340 e. The van der Waals surface area contributed by atoms with E-state index in [2.05, 4.69) is 10.9 Å². The summed E-state index contributed by atoms with van der Waals surface area (Å²) in [5, 5.41) is 4.78. The third-order valence-corrected chi connectivity index (χ3v) is 4.74. The lowest BCUT2D eigenvalue weighted by Crippen LogP contribution is -2.05. The molecule has 0 atom stereocenters. The molecule has 24 heavy (non-hydrogen) atoms. The number of hydrogen-bond donors (Lipinski definition) is 0. The minimum absolute atomic E-state index is 0.289. The lowest BCUT2D eigenvalue weighted by molar-refractivity contribution is 0.0529. The molecular weight excluding hydrogens is 302 g/mol. The van der Waals surface area contributed by atoms with E-state index in [1.807, 2.05) is 47.9 Å². The van der Waals surface area contributed by atoms with Gasteiger partial charge in [0.1, 0.15) is 5.69 Å². The van der Waals surface area contributed by atoms with Gasteiger partial charge >= 0.3 is 5.97 Å². The van der Waals surface area contributed by atoms with E-state index in [0.29, 0.717) is 18.2 Å².